The number of rotatable bonds is 5. The Morgan fingerprint density at radius 3 is 2.60 bits per heavy atom. The Kier molecular flexibility index (Phi) is 5.23. The van der Waals surface area contributed by atoms with Crippen molar-refractivity contribution in [3.8, 4) is 16.9 Å². The third-order valence-electron chi connectivity index (χ3n) is 5.22. The summed E-state index contributed by atoms with van der Waals surface area (Å²) >= 11 is 0. The number of halogens is 1. The van der Waals surface area contributed by atoms with Gasteiger partial charge in [0.1, 0.15) is 11.6 Å². The molecule has 5 nitrogen and oxygen atoms in total. The number of benzene rings is 3. The second-order valence-corrected chi connectivity index (χ2v) is 7.43. The molecule has 0 radical (unpaired) electrons. The number of phenolic OH excluding ortho intramolecular Hbond substituents is 1. The van der Waals surface area contributed by atoms with Crippen LogP contribution in [0.5, 0.6) is 5.75 Å². The average Bonchev–Trinajstić information content (AvgIpc) is 3.02. The van der Waals surface area contributed by atoms with Crippen molar-refractivity contribution in [1.29, 1.82) is 0 Å². The summed E-state index contributed by atoms with van der Waals surface area (Å²) in [6, 6.07) is 16.4. The first-order valence-electron chi connectivity index (χ1n) is 9.66. The normalized spacial score (nSPS) is 12.7. The fourth-order valence-electron chi connectivity index (χ4n) is 3.62. The van der Waals surface area contributed by atoms with E-state index in [1.165, 1.54) is 12.1 Å². The van der Waals surface area contributed by atoms with Crippen LogP contribution < -0.4 is 5.32 Å². The number of hydrogen-bond donors (Lipinski definition) is 2. The minimum absolute atomic E-state index is 0.0236. The number of phenols is 1. The zero-order valence-corrected chi connectivity index (χ0v) is 16.5. The van der Waals surface area contributed by atoms with Gasteiger partial charge >= 0.3 is 0 Å². The van der Waals surface area contributed by atoms with Crippen LogP contribution in [0.1, 0.15) is 31.8 Å². The Balaban J connectivity index is 1.49. The molecule has 152 valence electrons. The Morgan fingerprint density at radius 1 is 1.07 bits per heavy atom. The molecule has 0 fully saturated rings. The van der Waals surface area contributed by atoms with E-state index in [2.05, 4.69) is 5.32 Å². The zero-order chi connectivity index (χ0) is 21.3. The highest BCUT2D eigenvalue weighted by Gasteiger charge is 2.24. The van der Waals surface area contributed by atoms with Crippen LogP contribution in [0.2, 0.25) is 0 Å². The first-order chi connectivity index (χ1) is 14.4. The Hall–Kier alpha value is -3.67. The maximum absolute atomic E-state index is 14.2. The molecule has 0 saturated heterocycles. The molecule has 6 heteroatoms. The van der Waals surface area contributed by atoms with E-state index in [4.69, 9.17) is 0 Å². The van der Waals surface area contributed by atoms with Crippen LogP contribution in [0.3, 0.4) is 0 Å². The van der Waals surface area contributed by atoms with E-state index >= 15 is 0 Å². The Labute approximate surface area is 173 Å². The molecular formula is C24H21FN2O3. The van der Waals surface area contributed by atoms with Crippen LogP contribution in [0, 0.1) is 5.82 Å². The summed E-state index contributed by atoms with van der Waals surface area (Å²) in [6.07, 6.45) is 0.598. The van der Waals surface area contributed by atoms with Gasteiger partial charge in [-0.3, -0.25) is 9.59 Å². The SMILES string of the molecule is CN1Cc2cc(-c3cc(F)cc(C(=O)NCCc4ccc(O)cc4)c3)ccc2C1=O. The lowest BCUT2D eigenvalue weighted by molar-refractivity contribution is 0.0816. The summed E-state index contributed by atoms with van der Waals surface area (Å²) in [5.41, 5.74) is 4.11. The van der Waals surface area contributed by atoms with E-state index < -0.39 is 5.82 Å². The molecule has 30 heavy (non-hydrogen) atoms. The molecule has 2 N–H and O–H groups in total. The molecule has 0 unspecified atom stereocenters. The third-order valence-corrected chi connectivity index (χ3v) is 5.22. The standard InChI is InChI=1S/C24H21FN2O3/c1-27-14-19-10-16(4-7-22(19)24(27)30)17-11-18(13-20(25)12-17)23(29)26-9-8-15-2-5-21(28)6-3-15/h2-7,10-13,28H,8-9,14H2,1H3,(H,26,29). The van der Waals surface area contributed by atoms with Crippen molar-refractivity contribution >= 4 is 11.8 Å². The minimum Gasteiger partial charge on any atom is -0.508 e. The molecule has 3 aromatic rings. The second-order valence-electron chi connectivity index (χ2n) is 7.43. The lowest BCUT2D eigenvalue weighted by Crippen LogP contribution is -2.25. The molecular weight excluding hydrogens is 383 g/mol. The van der Waals surface area contributed by atoms with Gasteiger partial charge in [0.25, 0.3) is 11.8 Å². The predicted molar refractivity (Wildman–Crippen MR) is 112 cm³/mol. The van der Waals surface area contributed by atoms with Crippen molar-refractivity contribution in [3.63, 3.8) is 0 Å². The van der Waals surface area contributed by atoms with Gasteiger partial charge in [-0.15, -0.1) is 0 Å². The number of carbonyl (C=O) groups is 2. The molecule has 0 bridgehead atoms. The summed E-state index contributed by atoms with van der Waals surface area (Å²) in [4.78, 5) is 26.2. The van der Waals surface area contributed by atoms with E-state index in [9.17, 15) is 19.1 Å². The lowest BCUT2D eigenvalue weighted by Gasteiger charge is -2.09. The van der Waals surface area contributed by atoms with Gasteiger partial charge in [-0.1, -0.05) is 18.2 Å². The van der Waals surface area contributed by atoms with Crippen molar-refractivity contribution in [2.75, 3.05) is 13.6 Å². The van der Waals surface area contributed by atoms with Crippen LogP contribution in [0.15, 0.2) is 60.7 Å². The van der Waals surface area contributed by atoms with E-state index in [1.807, 2.05) is 6.07 Å². The van der Waals surface area contributed by atoms with Crippen LogP contribution in [-0.4, -0.2) is 35.4 Å². The smallest absolute Gasteiger partial charge is 0.254 e. The number of amides is 2. The molecule has 1 aliphatic heterocycles. The van der Waals surface area contributed by atoms with Crippen LogP contribution >= 0.6 is 0 Å². The lowest BCUT2D eigenvalue weighted by atomic mass is 9.98. The molecule has 0 aromatic heterocycles. The van der Waals surface area contributed by atoms with Gasteiger partial charge in [0, 0.05) is 31.3 Å². The van der Waals surface area contributed by atoms with Gasteiger partial charge in [-0.05, 0) is 71.1 Å². The number of nitrogens with one attached hydrogen (secondary N) is 1. The maximum Gasteiger partial charge on any atom is 0.254 e. The first-order valence-corrected chi connectivity index (χ1v) is 9.66. The quantitative estimate of drug-likeness (QED) is 0.680. The highest BCUT2D eigenvalue weighted by molar-refractivity contribution is 5.99. The summed E-state index contributed by atoms with van der Waals surface area (Å²) < 4.78 is 14.2. The molecule has 1 aliphatic rings. The topological polar surface area (TPSA) is 69.6 Å². The van der Waals surface area contributed by atoms with E-state index in [0.29, 0.717) is 30.6 Å². The molecule has 0 saturated carbocycles. The number of aromatic hydroxyl groups is 1. The predicted octanol–water partition coefficient (Wildman–Crippen LogP) is 3.76. The van der Waals surface area contributed by atoms with E-state index in [1.54, 1.807) is 54.4 Å². The highest BCUT2D eigenvalue weighted by atomic mass is 19.1. The Bertz CT molecular complexity index is 1130. The van der Waals surface area contributed by atoms with Gasteiger partial charge < -0.3 is 15.3 Å². The summed E-state index contributed by atoms with van der Waals surface area (Å²) in [7, 11) is 1.74. The van der Waals surface area contributed by atoms with Gasteiger partial charge in [-0.2, -0.15) is 0 Å². The van der Waals surface area contributed by atoms with Crippen molar-refractivity contribution in [2.45, 2.75) is 13.0 Å². The minimum atomic E-state index is -0.495. The Morgan fingerprint density at radius 2 is 1.83 bits per heavy atom. The number of fused-ring (bicyclic) bond motifs is 1. The highest BCUT2D eigenvalue weighted by Crippen LogP contribution is 2.29. The summed E-state index contributed by atoms with van der Waals surface area (Å²) in [6.45, 7) is 0.907. The van der Waals surface area contributed by atoms with Crippen molar-refractivity contribution < 1.29 is 19.1 Å². The van der Waals surface area contributed by atoms with Crippen molar-refractivity contribution in [1.82, 2.24) is 10.2 Å². The molecule has 3 aromatic carbocycles. The molecule has 2 amide bonds. The fraction of sp³-hybridized carbons (Fsp3) is 0.167. The summed E-state index contributed by atoms with van der Waals surface area (Å²) in [5, 5.41) is 12.1. The van der Waals surface area contributed by atoms with Crippen LogP contribution in [0.25, 0.3) is 11.1 Å². The molecule has 0 spiro atoms. The molecule has 4 rings (SSSR count). The van der Waals surface area contributed by atoms with Gasteiger partial charge in [0.05, 0.1) is 0 Å². The third kappa shape index (κ3) is 4.03. The molecule has 0 aliphatic carbocycles. The fourth-order valence-corrected chi connectivity index (χ4v) is 3.62. The summed E-state index contributed by atoms with van der Waals surface area (Å²) in [5.74, 6) is -0.683. The molecule has 1 heterocycles. The van der Waals surface area contributed by atoms with Crippen molar-refractivity contribution in [3.05, 3.63) is 88.7 Å². The largest absolute Gasteiger partial charge is 0.508 e. The first kappa shape index (κ1) is 19.6. The monoisotopic (exact) mass is 404 g/mol. The van der Waals surface area contributed by atoms with Gasteiger partial charge in [-0.25, -0.2) is 4.39 Å². The van der Waals surface area contributed by atoms with E-state index in [0.717, 1.165) is 16.7 Å². The number of hydrogen-bond acceptors (Lipinski definition) is 3. The van der Waals surface area contributed by atoms with E-state index in [-0.39, 0.29) is 23.1 Å². The van der Waals surface area contributed by atoms with Crippen LogP contribution in [0.4, 0.5) is 4.39 Å². The number of carbonyl (C=O) groups excluding carboxylic acids is 2. The van der Waals surface area contributed by atoms with Gasteiger partial charge in [0.2, 0.25) is 0 Å². The van der Waals surface area contributed by atoms with Crippen molar-refractivity contribution in [2.24, 2.45) is 0 Å². The zero-order valence-electron chi connectivity index (χ0n) is 16.5. The average molecular weight is 404 g/mol. The van der Waals surface area contributed by atoms with Crippen LogP contribution in [-0.2, 0) is 13.0 Å². The molecule has 0 atom stereocenters. The second kappa shape index (κ2) is 7.99. The van der Waals surface area contributed by atoms with Gasteiger partial charge in [0.15, 0.2) is 0 Å². The maximum atomic E-state index is 14.2. The number of nitrogens with zero attached hydrogens (tertiary/aromatic N) is 1.